The quantitative estimate of drug-likeness (QED) is 0.430. The van der Waals surface area contributed by atoms with Crippen molar-refractivity contribution in [3.05, 3.63) is 44.3 Å². The molecule has 8 heteroatoms. The minimum atomic E-state index is 0.520. The number of aliphatic imine (C=N–C) groups is 1. The molecule has 2 N–H and O–H groups in total. The second-order valence-electron chi connectivity index (χ2n) is 4.99. The average Bonchev–Trinajstić information content (AvgIpc) is 2.97. The van der Waals surface area contributed by atoms with Gasteiger partial charge in [-0.25, -0.2) is 4.98 Å². The average molecular weight is 387 g/mol. The first kappa shape index (κ1) is 18.8. The van der Waals surface area contributed by atoms with Crippen LogP contribution in [0, 0.1) is 6.92 Å². The van der Waals surface area contributed by atoms with Gasteiger partial charge in [-0.2, -0.15) is 0 Å². The summed E-state index contributed by atoms with van der Waals surface area (Å²) in [5, 5.41) is 8.63. The minimum absolute atomic E-state index is 0.520. The third-order valence-electron chi connectivity index (χ3n) is 3.06. The highest BCUT2D eigenvalue weighted by Crippen LogP contribution is 2.27. The molecule has 0 aliphatic rings. The number of hydrogen-bond acceptors (Lipinski definition) is 4. The monoisotopic (exact) mass is 386 g/mol. The summed E-state index contributed by atoms with van der Waals surface area (Å²) in [5.41, 5.74) is 0. The molecule has 0 fully saturated rings. The van der Waals surface area contributed by atoms with E-state index in [1.807, 2.05) is 13.1 Å². The van der Waals surface area contributed by atoms with Crippen LogP contribution in [-0.2, 0) is 6.54 Å². The van der Waals surface area contributed by atoms with Crippen molar-refractivity contribution in [1.82, 2.24) is 15.6 Å². The van der Waals surface area contributed by atoms with Gasteiger partial charge in [-0.15, -0.1) is 11.3 Å². The number of guanidine groups is 1. The molecular weight excluding hydrogens is 367 g/mol. The van der Waals surface area contributed by atoms with Gasteiger partial charge in [0.25, 0.3) is 0 Å². The Labute approximate surface area is 156 Å². The maximum atomic E-state index is 6.06. The topological polar surface area (TPSA) is 58.5 Å². The predicted molar refractivity (Wildman–Crippen MR) is 102 cm³/mol. The second kappa shape index (κ2) is 9.71. The number of aromatic nitrogens is 1. The third-order valence-corrected chi connectivity index (χ3v) is 4.51. The third kappa shape index (κ3) is 6.19. The molecule has 0 saturated carbocycles. The molecule has 0 unspecified atom stereocenters. The number of ether oxygens (including phenoxy) is 1. The lowest BCUT2D eigenvalue weighted by atomic mass is 10.3. The van der Waals surface area contributed by atoms with E-state index in [9.17, 15) is 0 Å². The zero-order valence-corrected chi connectivity index (χ0v) is 15.9. The molecule has 1 aromatic carbocycles. The first-order valence-corrected chi connectivity index (χ1v) is 9.09. The fourth-order valence-electron chi connectivity index (χ4n) is 1.92. The van der Waals surface area contributed by atoms with Crippen LogP contribution in [0.3, 0.4) is 0 Å². The summed E-state index contributed by atoms with van der Waals surface area (Å²) in [6, 6.07) is 5.20. The maximum Gasteiger partial charge on any atom is 0.191 e. The largest absolute Gasteiger partial charge is 0.492 e. The van der Waals surface area contributed by atoms with Crippen LogP contribution in [0.1, 0.15) is 16.3 Å². The number of aryl methyl sites for hydroxylation is 1. The lowest BCUT2D eigenvalue weighted by Crippen LogP contribution is -2.37. The van der Waals surface area contributed by atoms with Crippen LogP contribution in [0.2, 0.25) is 10.0 Å². The van der Waals surface area contributed by atoms with Gasteiger partial charge in [-0.1, -0.05) is 23.2 Å². The molecule has 0 radical (unpaired) electrons. The van der Waals surface area contributed by atoms with E-state index < -0.39 is 0 Å². The molecule has 0 aliphatic heterocycles. The van der Waals surface area contributed by atoms with Crippen LogP contribution < -0.4 is 15.4 Å². The van der Waals surface area contributed by atoms with Crippen molar-refractivity contribution in [1.29, 1.82) is 0 Å². The van der Waals surface area contributed by atoms with E-state index >= 15 is 0 Å². The molecule has 0 bridgehead atoms. The fraction of sp³-hybridized carbons (Fsp3) is 0.375. The van der Waals surface area contributed by atoms with Gasteiger partial charge < -0.3 is 15.4 Å². The number of hydrogen-bond donors (Lipinski definition) is 2. The summed E-state index contributed by atoms with van der Waals surface area (Å²) in [5.74, 6) is 1.38. The van der Waals surface area contributed by atoms with Gasteiger partial charge in [-0.05, 0) is 31.5 Å². The summed E-state index contributed by atoms with van der Waals surface area (Å²) in [7, 11) is 1.74. The van der Waals surface area contributed by atoms with Crippen molar-refractivity contribution in [3.8, 4) is 5.75 Å². The molecular formula is C16H20Cl2N4OS. The van der Waals surface area contributed by atoms with Gasteiger partial charge in [0.1, 0.15) is 10.8 Å². The van der Waals surface area contributed by atoms with Crippen LogP contribution in [0.15, 0.2) is 29.4 Å². The zero-order valence-electron chi connectivity index (χ0n) is 13.6. The van der Waals surface area contributed by atoms with E-state index in [1.54, 1.807) is 36.6 Å². The molecule has 1 heterocycles. The van der Waals surface area contributed by atoms with E-state index in [1.165, 1.54) is 4.88 Å². The van der Waals surface area contributed by atoms with Crippen molar-refractivity contribution in [2.75, 3.05) is 20.2 Å². The Hall–Kier alpha value is -1.50. The van der Waals surface area contributed by atoms with E-state index in [0.29, 0.717) is 28.9 Å². The van der Waals surface area contributed by atoms with Crippen molar-refractivity contribution in [2.24, 2.45) is 4.99 Å². The number of thiazole rings is 1. The highest BCUT2D eigenvalue weighted by Gasteiger charge is 2.03. The SMILES string of the molecule is CN=C(NCCCOc1ccc(Cl)cc1Cl)NCc1ncc(C)s1. The maximum absolute atomic E-state index is 6.06. The van der Waals surface area contributed by atoms with E-state index in [4.69, 9.17) is 27.9 Å². The Morgan fingerprint density at radius 3 is 2.83 bits per heavy atom. The summed E-state index contributed by atoms with van der Waals surface area (Å²) < 4.78 is 5.64. The Morgan fingerprint density at radius 1 is 1.33 bits per heavy atom. The second-order valence-corrected chi connectivity index (χ2v) is 7.16. The van der Waals surface area contributed by atoms with Gasteiger partial charge in [0.2, 0.25) is 0 Å². The molecule has 1 aromatic heterocycles. The molecule has 5 nitrogen and oxygen atoms in total. The van der Waals surface area contributed by atoms with Crippen molar-refractivity contribution >= 4 is 40.5 Å². The van der Waals surface area contributed by atoms with Crippen molar-refractivity contribution in [3.63, 3.8) is 0 Å². The van der Waals surface area contributed by atoms with E-state index in [0.717, 1.165) is 23.9 Å². The number of benzene rings is 1. The van der Waals surface area contributed by atoms with Gasteiger partial charge in [0, 0.05) is 29.7 Å². The smallest absolute Gasteiger partial charge is 0.191 e. The van der Waals surface area contributed by atoms with Crippen LogP contribution in [-0.4, -0.2) is 31.1 Å². The minimum Gasteiger partial charge on any atom is -0.492 e. The summed E-state index contributed by atoms with van der Waals surface area (Å²) in [4.78, 5) is 9.70. The molecule has 2 rings (SSSR count). The Balaban J connectivity index is 1.65. The molecule has 0 aliphatic carbocycles. The molecule has 2 aromatic rings. The Bertz CT molecular complexity index is 690. The summed E-state index contributed by atoms with van der Waals surface area (Å²) in [6.45, 7) is 4.00. The van der Waals surface area contributed by atoms with Crippen LogP contribution >= 0.6 is 34.5 Å². The van der Waals surface area contributed by atoms with Gasteiger partial charge >= 0.3 is 0 Å². The normalized spacial score (nSPS) is 11.4. The van der Waals surface area contributed by atoms with E-state index in [2.05, 4.69) is 20.6 Å². The summed E-state index contributed by atoms with van der Waals surface area (Å²) in [6.07, 6.45) is 2.69. The summed E-state index contributed by atoms with van der Waals surface area (Å²) >= 11 is 13.6. The Kier molecular flexibility index (Phi) is 7.62. The first-order valence-electron chi connectivity index (χ1n) is 7.52. The van der Waals surface area contributed by atoms with Crippen LogP contribution in [0.25, 0.3) is 0 Å². The lowest BCUT2D eigenvalue weighted by Gasteiger charge is -2.12. The number of nitrogens with zero attached hydrogens (tertiary/aromatic N) is 2. The Morgan fingerprint density at radius 2 is 2.17 bits per heavy atom. The predicted octanol–water partition coefficient (Wildman–Crippen LogP) is 3.89. The van der Waals surface area contributed by atoms with Gasteiger partial charge in [-0.3, -0.25) is 4.99 Å². The molecule has 130 valence electrons. The molecule has 0 atom stereocenters. The molecule has 0 amide bonds. The zero-order chi connectivity index (χ0) is 17.4. The van der Waals surface area contributed by atoms with E-state index in [-0.39, 0.29) is 0 Å². The first-order chi connectivity index (χ1) is 11.6. The number of rotatable bonds is 7. The van der Waals surface area contributed by atoms with Crippen molar-refractivity contribution in [2.45, 2.75) is 19.9 Å². The number of nitrogens with one attached hydrogen (secondary N) is 2. The molecule has 0 spiro atoms. The molecule has 0 saturated heterocycles. The highest BCUT2D eigenvalue weighted by molar-refractivity contribution is 7.11. The van der Waals surface area contributed by atoms with Crippen molar-refractivity contribution < 1.29 is 4.74 Å². The number of halogens is 2. The lowest BCUT2D eigenvalue weighted by molar-refractivity contribution is 0.311. The van der Waals surface area contributed by atoms with Crippen LogP contribution in [0.4, 0.5) is 0 Å². The standard InChI is InChI=1S/C16H20Cl2N4OS/c1-11-9-21-15(24-11)10-22-16(19-2)20-6-3-7-23-14-5-4-12(17)8-13(14)18/h4-5,8-9H,3,6-7,10H2,1-2H3,(H2,19,20,22). The molecule has 24 heavy (non-hydrogen) atoms. The van der Waals surface area contributed by atoms with Gasteiger partial charge in [0.15, 0.2) is 5.96 Å². The fourth-order valence-corrected chi connectivity index (χ4v) is 3.11. The van der Waals surface area contributed by atoms with Gasteiger partial charge in [0.05, 0.1) is 18.2 Å². The highest BCUT2D eigenvalue weighted by atomic mass is 35.5. The van der Waals surface area contributed by atoms with Crippen LogP contribution in [0.5, 0.6) is 5.75 Å².